The van der Waals surface area contributed by atoms with Gasteiger partial charge in [0.2, 0.25) is 12.4 Å². The first-order valence-corrected chi connectivity index (χ1v) is 11.5. The van der Waals surface area contributed by atoms with E-state index in [4.69, 9.17) is 18.9 Å². The molecule has 2 saturated heterocycles. The summed E-state index contributed by atoms with van der Waals surface area (Å²) < 4.78 is 17.1. The zero-order valence-corrected chi connectivity index (χ0v) is 18.8. The third-order valence-electron chi connectivity index (χ3n) is 6.02. The van der Waals surface area contributed by atoms with Gasteiger partial charge >= 0.3 is 6.02 Å². The number of hydrogen-bond donors (Lipinski definition) is 3. The summed E-state index contributed by atoms with van der Waals surface area (Å²) >= 11 is 0. The second-order valence-corrected chi connectivity index (χ2v) is 8.22. The highest BCUT2D eigenvalue weighted by Crippen LogP contribution is 2.31. The van der Waals surface area contributed by atoms with Crippen LogP contribution in [0.15, 0.2) is 81.3 Å². The number of benzene rings is 2. The lowest BCUT2D eigenvalue weighted by molar-refractivity contribution is -0.117. The maximum atomic E-state index is 13.0. The second kappa shape index (κ2) is 9.24. The molecule has 1 amide bonds. The molecule has 0 radical (unpaired) electrons. The fourth-order valence-electron chi connectivity index (χ4n) is 4.33. The molecule has 3 aromatic rings. The SMILES string of the molecule is O=C1Nc2ccccc2C(c2ccccc2)=N[C@@H]1/N=C1\NNC(c2occc2N2CCOCC2)O1. The van der Waals surface area contributed by atoms with Crippen LogP contribution < -0.4 is 21.1 Å². The molecule has 2 fully saturated rings. The first-order valence-electron chi connectivity index (χ1n) is 11.5. The predicted octanol–water partition coefficient (Wildman–Crippen LogP) is 2.41. The topological polar surface area (TPSA) is 113 Å². The highest BCUT2D eigenvalue weighted by atomic mass is 16.6. The van der Waals surface area contributed by atoms with Gasteiger partial charge in [-0.05, 0) is 6.07 Å². The van der Waals surface area contributed by atoms with Gasteiger partial charge in [0.05, 0.1) is 36.6 Å². The molecule has 1 aromatic heterocycles. The van der Waals surface area contributed by atoms with Gasteiger partial charge in [0.25, 0.3) is 5.91 Å². The average molecular weight is 473 g/mol. The van der Waals surface area contributed by atoms with E-state index in [-0.39, 0.29) is 11.9 Å². The first-order chi connectivity index (χ1) is 17.3. The number of hydrazine groups is 1. The Bertz CT molecular complexity index is 1280. The Hall–Kier alpha value is -4.15. The van der Waals surface area contributed by atoms with Crippen molar-refractivity contribution in [2.24, 2.45) is 9.98 Å². The largest absolute Gasteiger partial charge is 0.462 e. The Balaban J connectivity index is 1.28. The molecule has 10 heteroatoms. The number of ether oxygens (including phenoxy) is 2. The highest BCUT2D eigenvalue weighted by Gasteiger charge is 2.32. The number of morpholine rings is 1. The molecule has 6 rings (SSSR count). The minimum absolute atomic E-state index is 0.154. The van der Waals surface area contributed by atoms with Gasteiger partial charge in [0.1, 0.15) is 0 Å². The fraction of sp³-hybridized carbons (Fsp3) is 0.240. The van der Waals surface area contributed by atoms with Gasteiger partial charge in [-0.2, -0.15) is 10.4 Å². The van der Waals surface area contributed by atoms with Crippen LogP contribution in [0.4, 0.5) is 11.4 Å². The molecule has 3 N–H and O–H groups in total. The molecule has 2 atom stereocenters. The van der Waals surface area contributed by atoms with Gasteiger partial charge in [0.15, 0.2) is 5.76 Å². The van der Waals surface area contributed by atoms with E-state index in [1.165, 1.54) is 0 Å². The summed E-state index contributed by atoms with van der Waals surface area (Å²) in [6, 6.07) is 19.4. The Labute approximate surface area is 201 Å². The number of carbonyl (C=O) groups is 1. The maximum Gasteiger partial charge on any atom is 0.304 e. The molecule has 1 unspecified atom stereocenters. The van der Waals surface area contributed by atoms with Crippen LogP contribution in [0.3, 0.4) is 0 Å². The molecule has 178 valence electrons. The molecule has 3 aliphatic rings. The van der Waals surface area contributed by atoms with Crippen LogP contribution in [0, 0.1) is 0 Å². The predicted molar refractivity (Wildman–Crippen MR) is 130 cm³/mol. The third-order valence-corrected chi connectivity index (χ3v) is 6.02. The fourth-order valence-corrected chi connectivity index (χ4v) is 4.33. The number of furan rings is 1. The Morgan fingerprint density at radius 1 is 1.00 bits per heavy atom. The molecule has 3 aliphatic heterocycles. The normalized spacial score (nSPS) is 23.1. The Kier molecular flexibility index (Phi) is 5.65. The summed E-state index contributed by atoms with van der Waals surface area (Å²) in [7, 11) is 0. The lowest BCUT2D eigenvalue weighted by Gasteiger charge is -2.28. The van der Waals surface area contributed by atoms with Gasteiger partial charge < -0.3 is 24.1 Å². The van der Waals surface area contributed by atoms with Crippen LogP contribution >= 0.6 is 0 Å². The minimum atomic E-state index is -1.05. The number of anilines is 2. The highest BCUT2D eigenvalue weighted by molar-refractivity contribution is 6.19. The standard InChI is InChI=1S/C25H24N6O4/c32-23-22(27-20(16-6-2-1-3-7-16)17-8-4-5-9-18(17)26-23)28-25-30-29-24(35-25)21-19(10-13-34-21)31-11-14-33-15-12-31/h1-10,13,22,24,29H,11-12,14-15H2,(H,26,32)(H,28,30)/t22-,24?/m1/s1. The van der Waals surface area contributed by atoms with Crippen molar-refractivity contribution in [1.29, 1.82) is 0 Å². The van der Waals surface area contributed by atoms with E-state index in [0.29, 0.717) is 30.4 Å². The number of aliphatic imine (C=N–C) groups is 2. The molecule has 10 nitrogen and oxygen atoms in total. The molecular weight excluding hydrogens is 448 g/mol. The van der Waals surface area contributed by atoms with Crippen LogP contribution in [-0.2, 0) is 14.3 Å². The van der Waals surface area contributed by atoms with Crippen molar-refractivity contribution >= 4 is 29.0 Å². The van der Waals surface area contributed by atoms with Crippen LogP contribution in [0.1, 0.15) is 23.1 Å². The third kappa shape index (κ3) is 4.25. The van der Waals surface area contributed by atoms with Gasteiger partial charge in [-0.1, -0.05) is 48.5 Å². The summed E-state index contributed by atoms with van der Waals surface area (Å²) in [5.74, 6) is 0.271. The zero-order valence-electron chi connectivity index (χ0n) is 18.8. The Morgan fingerprint density at radius 3 is 2.66 bits per heavy atom. The number of benzodiazepines with no additional fused rings is 1. The lowest BCUT2D eigenvalue weighted by atomic mass is 10.0. The van der Waals surface area contributed by atoms with Crippen molar-refractivity contribution in [2.75, 3.05) is 36.5 Å². The van der Waals surface area contributed by atoms with Gasteiger partial charge in [-0.25, -0.2) is 4.99 Å². The molecule has 4 heterocycles. The smallest absolute Gasteiger partial charge is 0.304 e. The monoisotopic (exact) mass is 472 g/mol. The van der Waals surface area contributed by atoms with Crippen molar-refractivity contribution in [1.82, 2.24) is 10.9 Å². The second-order valence-electron chi connectivity index (χ2n) is 8.22. The van der Waals surface area contributed by atoms with Crippen LogP contribution in [0.5, 0.6) is 0 Å². The number of amidine groups is 1. The zero-order chi connectivity index (χ0) is 23.6. The number of hydrogen-bond acceptors (Lipinski definition) is 8. The molecular formula is C25H24N6O4. The summed E-state index contributed by atoms with van der Waals surface area (Å²) in [6.07, 6.45) is -0.0200. The van der Waals surface area contributed by atoms with E-state index < -0.39 is 12.4 Å². The van der Waals surface area contributed by atoms with Gasteiger partial charge in [0, 0.05) is 30.3 Å². The van der Waals surface area contributed by atoms with E-state index >= 15 is 0 Å². The van der Waals surface area contributed by atoms with E-state index in [2.05, 4.69) is 26.1 Å². The lowest BCUT2D eigenvalue weighted by Crippen LogP contribution is -2.37. The number of rotatable bonds is 4. The summed E-state index contributed by atoms with van der Waals surface area (Å²) in [5.41, 5.74) is 9.97. The number of para-hydroxylation sites is 1. The number of fused-ring (bicyclic) bond motifs is 1. The van der Waals surface area contributed by atoms with Crippen LogP contribution in [0.2, 0.25) is 0 Å². The first kappa shape index (κ1) is 21.4. The number of amides is 1. The molecule has 0 spiro atoms. The Morgan fingerprint density at radius 2 is 1.80 bits per heavy atom. The van der Waals surface area contributed by atoms with Crippen molar-refractivity contribution in [3.63, 3.8) is 0 Å². The van der Waals surface area contributed by atoms with Crippen LogP contribution in [0.25, 0.3) is 0 Å². The number of carbonyl (C=O) groups excluding carboxylic acids is 1. The summed E-state index contributed by atoms with van der Waals surface area (Å²) in [6.45, 7) is 2.87. The van der Waals surface area contributed by atoms with E-state index in [1.54, 1.807) is 6.26 Å². The minimum Gasteiger partial charge on any atom is -0.462 e. The molecule has 35 heavy (non-hydrogen) atoms. The average Bonchev–Trinajstić information content (AvgIpc) is 3.55. The summed E-state index contributed by atoms with van der Waals surface area (Å²) in [5, 5.41) is 2.94. The molecule has 2 aromatic carbocycles. The summed E-state index contributed by atoms with van der Waals surface area (Å²) in [4.78, 5) is 24.5. The van der Waals surface area contributed by atoms with E-state index in [1.807, 2.05) is 60.7 Å². The molecule has 0 aliphatic carbocycles. The quantitative estimate of drug-likeness (QED) is 0.535. The maximum absolute atomic E-state index is 13.0. The van der Waals surface area contributed by atoms with E-state index in [0.717, 1.165) is 29.9 Å². The van der Waals surface area contributed by atoms with Crippen molar-refractivity contribution in [3.05, 3.63) is 83.8 Å². The van der Waals surface area contributed by atoms with Crippen LogP contribution in [-0.4, -0.2) is 50.1 Å². The molecule has 0 saturated carbocycles. The van der Waals surface area contributed by atoms with E-state index in [9.17, 15) is 4.79 Å². The van der Waals surface area contributed by atoms with Gasteiger partial charge in [-0.15, -0.1) is 0 Å². The van der Waals surface area contributed by atoms with Crippen molar-refractivity contribution in [2.45, 2.75) is 12.4 Å². The molecule has 0 bridgehead atoms. The number of nitrogens with one attached hydrogen (secondary N) is 3. The number of nitrogens with zero attached hydrogens (tertiary/aromatic N) is 3. The van der Waals surface area contributed by atoms with Gasteiger partial charge in [-0.3, -0.25) is 10.2 Å². The van der Waals surface area contributed by atoms with Crippen molar-refractivity contribution in [3.8, 4) is 0 Å². The van der Waals surface area contributed by atoms with Crippen molar-refractivity contribution < 1.29 is 18.7 Å².